The zero-order chi connectivity index (χ0) is 14.3. The highest BCUT2D eigenvalue weighted by Gasteiger charge is 2.21. The van der Waals surface area contributed by atoms with Gasteiger partial charge < -0.3 is 16.0 Å². The van der Waals surface area contributed by atoms with Gasteiger partial charge in [-0.15, -0.1) is 0 Å². The molecule has 0 aliphatic carbocycles. The van der Waals surface area contributed by atoms with E-state index < -0.39 is 5.41 Å². The van der Waals surface area contributed by atoms with E-state index in [-0.39, 0.29) is 36.9 Å². The molecule has 6 heteroatoms. The monoisotopic (exact) mass is 257 g/mol. The summed E-state index contributed by atoms with van der Waals surface area (Å²) in [7, 11) is 0. The smallest absolute Gasteiger partial charge is 0.239 e. The Labute approximate surface area is 108 Å². The van der Waals surface area contributed by atoms with Crippen LogP contribution in [0.1, 0.15) is 34.6 Å². The highest BCUT2D eigenvalue weighted by Crippen LogP contribution is 2.11. The Morgan fingerprint density at radius 1 is 0.944 bits per heavy atom. The first kappa shape index (κ1) is 16.4. The minimum absolute atomic E-state index is 0.0370. The van der Waals surface area contributed by atoms with Gasteiger partial charge >= 0.3 is 0 Å². The van der Waals surface area contributed by atoms with E-state index in [2.05, 4.69) is 16.0 Å². The lowest BCUT2D eigenvalue weighted by molar-refractivity contribution is -0.131. The topological polar surface area (TPSA) is 87.3 Å². The van der Waals surface area contributed by atoms with Gasteiger partial charge in [-0.2, -0.15) is 0 Å². The maximum absolute atomic E-state index is 11.5. The van der Waals surface area contributed by atoms with Crippen LogP contribution in [0.3, 0.4) is 0 Å². The van der Waals surface area contributed by atoms with Gasteiger partial charge in [0.25, 0.3) is 0 Å². The lowest BCUT2D eigenvalue weighted by atomic mass is 9.96. The third kappa shape index (κ3) is 7.65. The van der Waals surface area contributed by atoms with E-state index in [4.69, 9.17) is 0 Å². The standard InChI is InChI=1S/C12H23N3O3/c1-8(2)15-10(17)7-13-9(16)6-14-11(18)12(3,4)5/h8H,6-7H2,1-5H3,(H,13,16)(H,14,18)(H,15,17). The predicted molar refractivity (Wildman–Crippen MR) is 68.8 cm³/mol. The zero-order valence-electron chi connectivity index (χ0n) is 11.7. The van der Waals surface area contributed by atoms with Crippen LogP contribution in [0.5, 0.6) is 0 Å². The second-order valence-corrected chi connectivity index (χ2v) is 5.43. The van der Waals surface area contributed by atoms with Crippen LogP contribution in [0, 0.1) is 5.41 Å². The van der Waals surface area contributed by atoms with Crippen molar-refractivity contribution in [2.24, 2.45) is 5.41 Å². The molecule has 0 aliphatic heterocycles. The van der Waals surface area contributed by atoms with E-state index in [9.17, 15) is 14.4 Å². The van der Waals surface area contributed by atoms with Gasteiger partial charge in [0.05, 0.1) is 13.1 Å². The molecule has 0 aromatic carbocycles. The number of carbonyl (C=O) groups excluding carboxylic acids is 3. The van der Waals surface area contributed by atoms with Gasteiger partial charge in [0.2, 0.25) is 17.7 Å². The molecule has 6 nitrogen and oxygen atoms in total. The van der Waals surface area contributed by atoms with Crippen molar-refractivity contribution in [1.82, 2.24) is 16.0 Å². The van der Waals surface area contributed by atoms with E-state index in [0.717, 1.165) is 0 Å². The third-order valence-corrected chi connectivity index (χ3v) is 1.99. The first-order valence-electron chi connectivity index (χ1n) is 5.97. The number of hydrogen-bond donors (Lipinski definition) is 3. The van der Waals surface area contributed by atoms with E-state index in [0.29, 0.717) is 0 Å². The van der Waals surface area contributed by atoms with Crippen LogP contribution in [0.4, 0.5) is 0 Å². The van der Waals surface area contributed by atoms with Gasteiger partial charge in [0.1, 0.15) is 0 Å². The average molecular weight is 257 g/mol. The second-order valence-electron chi connectivity index (χ2n) is 5.43. The summed E-state index contributed by atoms with van der Waals surface area (Å²) in [5.74, 6) is -0.837. The lowest BCUT2D eigenvalue weighted by Crippen LogP contribution is -2.45. The number of nitrogens with one attached hydrogen (secondary N) is 3. The van der Waals surface area contributed by atoms with Crippen molar-refractivity contribution in [1.29, 1.82) is 0 Å². The molecule has 0 saturated heterocycles. The molecule has 0 aliphatic rings. The third-order valence-electron chi connectivity index (χ3n) is 1.99. The minimum atomic E-state index is -0.532. The molecule has 3 N–H and O–H groups in total. The molecule has 0 unspecified atom stereocenters. The van der Waals surface area contributed by atoms with Crippen LogP contribution < -0.4 is 16.0 Å². The second kappa shape index (κ2) is 6.98. The molecule has 0 aromatic rings. The summed E-state index contributed by atoms with van der Waals surface area (Å²) in [4.78, 5) is 34.1. The van der Waals surface area contributed by atoms with Gasteiger partial charge in [-0.1, -0.05) is 20.8 Å². The Kier molecular flexibility index (Phi) is 6.36. The predicted octanol–water partition coefficient (Wildman–Crippen LogP) is -0.210. The van der Waals surface area contributed by atoms with Crippen LogP contribution >= 0.6 is 0 Å². The fraction of sp³-hybridized carbons (Fsp3) is 0.750. The summed E-state index contributed by atoms with van der Waals surface area (Å²) in [6, 6.07) is 0.0370. The molecule has 0 spiro atoms. The molecule has 0 bridgehead atoms. The van der Waals surface area contributed by atoms with Crippen LogP contribution in [0.2, 0.25) is 0 Å². The summed E-state index contributed by atoms with van der Waals surface area (Å²) in [6.07, 6.45) is 0. The highest BCUT2D eigenvalue weighted by molar-refractivity contribution is 5.89. The molecular formula is C12H23N3O3. The Bertz CT molecular complexity index is 319. The molecule has 0 rings (SSSR count). The minimum Gasteiger partial charge on any atom is -0.352 e. The van der Waals surface area contributed by atoms with E-state index in [1.165, 1.54) is 0 Å². The van der Waals surface area contributed by atoms with Crippen molar-refractivity contribution >= 4 is 17.7 Å². The van der Waals surface area contributed by atoms with Crippen LogP contribution in [-0.4, -0.2) is 36.9 Å². The zero-order valence-corrected chi connectivity index (χ0v) is 11.7. The Morgan fingerprint density at radius 3 is 1.89 bits per heavy atom. The van der Waals surface area contributed by atoms with Crippen LogP contribution in [0.15, 0.2) is 0 Å². The molecule has 0 saturated carbocycles. The van der Waals surface area contributed by atoms with E-state index in [1.807, 2.05) is 13.8 Å². The van der Waals surface area contributed by atoms with Crippen LogP contribution in [0.25, 0.3) is 0 Å². The van der Waals surface area contributed by atoms with Crippen molar-refractivity contribution in [2.75, 3.05) is 13.1 Å². The largest absolute Gasteiger partial charge is 0.352 e. The summed E-state index contributed by atoms with van der Waals surface area (Å²) in [5, 5.41) is 7.58. The number of carbonyl (C=O) groups is 3. The summed E-state index contributed by atoms with van der Waals surface area (Å²) < 4.78 is 0. The van der Waals surface area contributed by atoms with Crippen LogP contribution in [-0.2, 0) is 14.4 Å². The van der Waals surface area contributed by atoms with Crippen molar-refractivity contribution in [2.45, 2.75) is 40.7 Å². The van der Waals surface area contributed by atoms with Crippen molar-refractivity contribution in [3.63, 3.8) is 0 Å². The first-order chi connectivity index (χ1) is 8.12. The summed E-state index contributed by atoms with van der Waals surface area (Å²) in [5.41, 5.74) is -0.532. The maximum atomic E-state index is 11.5. The van der Waals surface area contributed by atoms with E-state index in [1.54, 1.807) is 20.8 Å². The molecule has 3 amide bonds. The van der Waals surface area contributed by atoms with Gasteiger partial charge in [-0.05, 0) is 13.8 Å². The molecule has 18 heavy (non-hydrogen) atoms. The number of hydrogen-bond acceptors (Lipinski definition) is 3. The fourth-order valence-electron chi connectivity index (χ4n) is 1.04. The van der Waals surface area contributed by atoms with Crippen molar-refractivity contribution in [3.8, 4) is 0 Å². The first-order valence-corrected chi connectivity index (χ1v) is 5.97. The van der Waals surface area contributed by atoms with Crippen molar-refractivity contribution in [3.05, 3.63) is 0 Å². The quantitative estimate of drug-likeness (QED) is 0.637. The summed E-state index contributed by atoms with van der Waals surface area (Å²) >= 11 is 0. The SMILES string of the molecule is CC(C)NC(=O)CNC(=O)CNC(=O)C(C)(C)C. The Morgan fingerprint density at radius 2 is 1.44 bits per heavy atom. The van der Waals surface area contributed by atoms with Gasteiger partial charge in [0.15, 0.2) is 0 Å². The number of amides is 3. The van der Waals surface area contributed by atoms with E-state index >= 15 is 0 Å². The molecule has 0 aromatic heterocycles. The highest BCUT2D eigenvalue weighted by atomic mass is 16.2. The molecule has 0 heterocycles. The maximum Gasteiger partial charge on any atom is 0.239 e. The fourth-order valence-corrected chi connectivity index (χ4v) is 1.04. The Balaban J connectivity index is 3.86. The van der Waals surface area contributed by atoms with Crippen molar-refractivity contribution < 1.29 is 14.4 Å². The summed E-state index contributed by atoms with van der Waals surface area (Å²) in [6.45, 7) is 8.75. The van der Waals surface area contributed by atoms with Gasteiger partial charge in [0, 0.05) is 11.5 Å². The molecule has 0 radical (unpaired) electrons. The molecule has 0 atom stereocenters. The average Bonchev–Trinajstić information content (AvgIpc) is 2.20. The van der Waals surface area contributed by atoms with Gasteiger partial charge in [-0.25, -0.2) is 0 Å². The van der Waals surface area contributed by atoms with Gasteiger partial charge in [-0.3, -0.25) is 14.4 Å². The molecule has 104 valence electrons. The Hall–Kier alpha value is -1.59. The lowest BCUT2D eigenvalue weighted by Gasteiger charge is -2.17. The number of rotatable bonds is 5. The molecular weight excluding hydrogens is 234 g/mol. The molecule has 0 fully saturated rings. The normalized spacial score (nSPS) is 11.0.